The van der Waals surface area contributed by atoms with Crippen LogP contribution in [0.15, 0.2) is 22.9 Å². The van der Waals surface area contributed by atoms with E-state index in [4.69, 9.17) is 14.8 Å². The van der Waals surface area contributed by atoms with Gasteiger partial charge in [-0.1, -0.05) is 6.07 Å². The zero-order valence-electron chi connectivity index (χ0n) is 9.80. The number of nitrogens with zero attached hydrogens (tertiary/aromatic N) is 1. The Bertz CT molecular complexity index is 406. The van der Waals surface area contributed by atoms with Gasteiger partial charge in [0.25, 0.3) is 0 Å². The molecule has 0 spiro atoms. The number of aromatic nitrogens is 1. The van der Waals surface area contributed by atoms with Gasteiger partial charge in [0.1, 0.15) is 10.4 Å². The van der Waals surface area contributed by atoms with Crippen LogP contribution in [-0.4, -0.2) is 18.2 Å². The third-order valence-corrected chi connectivity index (χ3v) is 4.92. The summed E-state index contributed by atoms with van der Waals surface area (Å²) in [6.45, 7) is 4.05. The first-order valence-corrected chi connectivity index (χ1v) is 7.70. The molecule has 0 radical (unpaired) electrons. The lowest BCUT2D eigenvalue weighted by Crippen LogP contribution is -2.15. The summed E-state index contributed by atoms with van der Waals surface area (Å²) in [5, 5.41) is 0. The number of hydrogen-bond acceptors (Lipinski definition) is 5. The van der Waals surface area contributed by atoms with Gasteiger partial charge in [-0.2, -0.15) is 0 Å². The Morgan fingerprint density at radius 1 is 1.47 bits per heavy atom. The third kappa shape index (κ3) is 3.60. The molecule has 1 aromatic rings. The Morgan fingerprint density at radius 3 is 2.53 bits per heavy atom. The molecule has 7 heteroatoms. The fraction of sp³-hybridized carbons (Fsp3) is 0.500. The Labute approximate surface area is 109 Å². The molecule has 96 valence electrons. The number of pyridine rings is 1. The zero-order valence-corrected chi connectivity index (χ0v) is 12.3. The monoisotopic (exact) mass is 322 g/mol. The lowest BCUT2D eigenvalue weighted by molar-refractivity contribution is 0.212. The molecule has 0 bridgehead atoms. The minimum absolute atomic E-state index is 0.281. The van der Waals surface area contributed by atoms with Gasteiger partial charge in [-0.15, -0.1) is 0 Å². The van der Waals surface area contributed by atoms with Crippen LogP contribution in [0.1, 0.15) is 25.2 Å². The van der Waals surface area contributed by atoms with Crippen molar-refractivity contribution in [3.8, 4) is 0 Å². The molecular weight excluding hydrogens is 307 g/mol. The summed E-state index contributed by atoms with van der Waals surface area (Å²) in [4.78, 5) is 4.04. The maximum atomic E-state index is 12.4. The van der Waals surface area contributed by atoms with E-state index in [2.05, 4.69) is 20.9 Å². The number of hydrogen-bond donors (Lipinski definition) is 1. The highest BCUT2D eigenvalue weighted by atomic mass is 79.9. The van der Waals surface area contributed by atoms with Crippen molar-refractivity contribution < 1.29 is 13.6 Å². The van der Waals surface area contributed by atoms with E-state index in [9.17, 15) is 4.57 Å². The second-order valence-electron chi connectivity index (χ2n) is 3.20. The average molecular weight is 323 g/mol. The standard InChI is InChI=1S/C10H16BrN2O3P/c1-3-15-17(14,16-4-2)10(12)8-6-5-7-13-9(8)11/h5-7,10H,3-4,12H2,1-2H3/t10-/m1/s1. The van der Waals surface area contributed by atoms with Crippen LogP contribution in [-0.2, 0) is 13.6 Å². The van der Waals surface area contributed by atoms with Crippen LogP contribution in [0.4, 0.5) is 0 Å². The Morgan fingerprint density at radius 2 is 2.06 bits per heavy atom. The molecule has 1 aromatic heterocycles. The molecule has 1 heterocycles. The number of rotatable bonds is 6. The maximum Gasteiger partial charge on any atom is 0.351 e. The van der Waals surface area contributed by atoms with Gasteiger partial charge in [-0.25, -0.2) is 4.98 Å². The number of halogens is 1. The van der Waals surface area contributed by atoms with Crippen LogP contribution in [0.5, 0.6) is 0 Å². The molecule has 5 nitrogen and oxygen atoms in total. The molecular formula is C10H16BrN2O3P. The van der Waals surface area contributed by atoms with Crippen LogP contribution in [0.2, 0.25) is 0 Å². The molecule has 0 unspecified atom stereocenters. The van der Waals surface area contributed by atoms with Crippen molar-refractivity contribution in [3.05, 3.63) is 28.5 Å². The topological polar surface area (TPSA) is 74.4 Å². The summed E-state index contributed by atoms with van der Waals surface area (Å²) in [6.07, 6.45) is 1.62. The lowest BCUT2D eigenvalue weighted by Gasteiger charge is -2.23. The average Bonchev–Trinajstić information content (AvgIpc) is 2.29. The van der Waals surface area contributed by atoms with Gasteiger partial charge in [0.2, 0.25) is 0 Å². The first kappa shape index (κ1) is 14.8. The summed E-state index contributed by atoms with van der Waals surface area (Å²) < 4.78 is 23.4. The van der Waals surface area contributed by atoms with E-state index >= 15 is 0 Å². The van der Waals surface area contributed by atoms with Gasteiger partial charge in [-0.05, 0) is 35.8 Å². The molecule has 0 amide bonds. The normalized spacial score (nSPS) is 13.6. The van der Waals surface area contributed by atoms with E-state index in [1.54, 1.807) is 32.2 Å². The predicted molar refractivity (Wildman–Crippen MR) is 69.7 cm³/mol. The fourth-order valence-corrected chi connectivity index (χ4v) is 3.69. The Hall–Kier alpha value is -0.260. The molecule has 0 saturated carbocycles. The van der Waals surface area contributed by atoms with Crippen LogP contribution < -0.4 is 5.73 Å². The largest absolute Gasteiger partial charge is 0.351 e. The van der Waals surface area contributed by atoms with Crippen LogP contribution in [0, 0.1) is 0 Å². The van der Waals surface area contributed by atoms with Crippen molar-refractivity contribution >= 4 is 23.5 Å². The molecule has 17 heavy (non-hydrogen) atoms. The maximum absolute atomic E-state index is 12.4. The second-order valence-corrected chi connectivity index (χ2v) is 6.11. The van der Waals surface area contributed by atoms with Gasteiger partial charge < -0.3 is 14.8 Å². The highest BCUT2D eigenvalue weighted by Crippen LogP contribution is 2.58. The van der Waals surface area contributed by atoms with Crippen molar-refractivity contribution in [1.82, 2.24) is 4.98 Å². The predicted octanol–water partition coefficient (Wildman–Crippen LogP) is 3.07. The molecule has 0 aliphatic rings. The van der Waals surface area contributed by atoms with Gasteiger partial charge in [0, 0.05) is 11.8 Å². The smallest absolute Gasteiger partial charge is 0.314 e. The van der Waals surface area contributed by atoms with E-state index in [0.717, 1.165) is 0 Å². The first-order chi connectivity index (χ1) is 8.05. The number of nitrogens with two attached hydrogens (primary N) is 1. The minimum atomic E-state index is -3.35. The van der Waals surface area contributed by atoms with Crippen LogP contribution in [0.3, 0.4) is 0 Å². The van der Waals surface area contributed by atoms with Crippen molar-refractivity contribution in [3.63, 3.8) is 0 Å². The van der Waals surface area contributed by atoms with Gasteiger partial charge in [0.05, 0.1) is 13.2 Å². The highest BCUT2D eigenvalue weighted by molar-refractivity contribution is 9.10. The van der Waals surface area contributed by atoms with Gasteiger partial charge >= 0.3 is 7.60 Å². The summed E-state index contributed by atoms with van der Waals surface area (Å²) in [5.74, 6) is -0.842. The molecule has 1 atom stereocenters. The van der Waals surface area contributed by atoms with Crippen molar-refractivity contribution in [2.45, 2.75) is 19.6 Å². The Kier molecular flexibility index (Phi) is 5.76. The fourth-order valence-electron chi connectivity index (χ4n) is 1.35. The van der Waals surface area contributed by atoms with E-state index in [0.29, 0.717) is 10.2 Å². The summed E-state index contributed by atoms with van der Waals surface area (Å²) in [6, 6.07) is 3.47. The van der Waals surface area contributed by atoms with Gasteiger partial charge in [-0.3, -0.25) is 4.57 Å². The molecule has 0 aliphatic heterocycles. The lowest BCUT2D eigenvalue weighted by atomic mass is 10.3. The molecule has 0 saturated heterocycles. The van der Waals surface area contributed by atoms with Crippen molar-refractivity contribution in [1.29, 1.82) is 0 Å². The zero-order chi connectivity index (χ0) is 12.9. The summed E-state index contributed by atoms with van der Waals surface area (Å²) in [5.41, 5.74) is 6.57. The molecule has 2 N–H and O–H groups in total. The van der Waals surface area contributed by atoms with Crippen LogP contribution in [0.25, 0.3) is 0 Å². The van der Waals surface area contributed by atoms with E-state index < -0.39 is 13.4 Å². The second kappa shape index (κ2) is 6.61. The van der Waals surface area contributed by atoms with Gasteiger partial charge in [0.15, 0.2) is 0 Å². The minimum Gasteiger partial charge on any atom is -0.314 e. The third-order valence-electron chi connectivity index (χ3n) is 2.07. The van der Waals surface area contributed by atoms with E-state index in [1.807, 2.05) is 0 Å². The van der Waals surface area contributed by atoms with Crippen LogP contribution >= 0.6 is 23.5 Å². The molecule has 1 rings (SSSR count). The highest BCUT2D eigenvalue weighted by Gasteiger charge is 2.35. The summed E-state index contributed by atoms with van der Waals surface area (Å²) in [7, 11) is -3.35. The quantitative estimate of drug-likeness (QED) is 0.643. The van der Waals surface area contributed by atoms with E-state index in [-0.39, 0.29) is 13.2 Å². The van der Waals surface area contributed by atoms with Crippen molar-refractivity contribution in [2.75, 3.05) is 13.2 Å². The molecule has 0 aromatic carbocycles. The molecule has 0 aliphatic carbocycles. The Balaban J connectivity index is 3.04. The molecule has 0 fully saturated rings. The SMILES string of the molecule is CCOP(=O)(OCC)[C@@H](N)c1cccnc1Br. The van der Waals surface area contributed by atoms with Crippen molar-refractivity contribution in [2.24, 2.45) is 5.73 Å². The summed E-state index contributed by atoms with van der Waals surface area (Å²) >= 11 is 3.27. The van der Waals surface area contributed by atoms with E-state index in [1.165, 1.54) is 0 Å². The first-order valence-electron chi connectivity index (χ1n) is 5.30.